The quantitative estimate of drug-likeness (QED) is 0.792. The standard InChI is InChI=1S/C15H14F3NOS/c1-21-14-5-3-2-4-13(14)19-10-11-6-8-12(9-7-11)20-15(16,17)18/h2-9,19H,10H2,1H3. The zero-order chi connectivity index (χ0) is 15.3. The average molecular weight is 313 g/mol. The molecule has 2 aromatic carbocycles. The van der Waals surface area contributed by atoms with Crippen molar-refractivity contribution < 1.29 is 17.9 Å². The molecule has 0 saturated carbocycles. The molecular formula is C15H14F3NOS. The monoisotopic (exact) mass is 313 g/mol. The second-order valence-electron chi connectivity index (χ2n) is 4.25. The van der Waals surface area contributed by atoms with Gasteiger partial charge in [-0.2, -0.15) is 0 Å². The summed E-state index contributed by atoms with van der Waals surface area (Å²) in [6.07, 6.45) is -2.67. The minimum Gasteiger partial charge on any atom is -0.406 e. The van der Waals surface area contributed by atoms with Gasteiger partial charge in [-0.15, -0.1) is 24.9 Å². The third-order valence-electron chi connectivity index (χ3n) is 2.75. The summed E-state index contributed by atoms with van der Waals surface area (Å²) in [5.74, 6) is -0.212. The molecule has 0 bridgehead atoms. The molecule has 112 valence electrons. The number of hydrogen-bond acceptors (Lipinski definition) is 3. The van der Waals surface area contributed by atoms with Crippen LogP contribution in [0.1, 0.15) is 5.56 Å². The summed E-state index contributed by atoms with van der Waals surface area (Å²) in [6, 6.07) is 13.7. The highest BCUT2D eigenvalue weighted by atomic mass is 32.2. The maximum Gasteiger partial charge on any atom is 0.573 e. The molecule has 0 aliphatic rings. The van der Waals surface area contributed by atoms with E-state index in [9.17, 15) is 13.2 Å². The molecule has 0 radical (unpaired) electrons. The van der Waals surface area contributed by atoms with E-state index >= 15 is 0 Å². The molecule has 0 heterocycles. The topological polar surface area (TPSA) is 21.3 Å². The van der Waals surface area contributed by atoms with Gasteiger partial charge >= 0.3 is 6.36 Å². The zero-order valence-electron chi connectivity index (χ0n) is 11.3. The highest BCUT2D eigenvalue weighted by Gasteiger charge is 2.30. The molecule has 0 aliphatic carbocycles. The number of rotatable bonds is 5. The van der Waals surface area contributed by atoms with Crippen LogP contribution >= 0.6 is 11.8 Å². The number of alkyl halides is 3. The Balaban J connectivity index is 1.98. The Morgan fingerprint density at radius 3 is 2.33 bits per heavy atom. The molecule has 2 nitrogen and oxygen atoms in total. The van der Waals surface area contributed by atoms with Crippen LogP contribution in [0.2, 0.25) is 0 Å². The van der Waals surface area contributed by atoms with Gasteiger partial charge in [-0.25, -0.2) is 0 Å². The molecule has 0 amide bonds. The number of anilines is 1. The van der Waals surface area contributed by atoms with E-state index in [2.05, 4.69) is 10.1 Å². The van der Waals surface area contributed by atoms with E-state index in [4.69, 9.17) is 0 Å². The minimum absolute atomic E-state index is 0.212. The second-order valence-corrected chi connectivity index (χ2v) is 5.09. The Morgan fingerprint density at radius 1 is 1.05 bits per heavy atom. The van der Waals surface area contributed by atoms with E-state index in [0.717, 1.165) is 16.1 Å². The Morgan fingerprint density at radius 2 is 1.71 bits per heavy atom. The number of nitrogens with one attached hydrogen (secondary N) is 1. The lowest BCUT2D eigenvalue weighted by atomic mass is 10.2. The van der Waals surface area contributed by atoms with Crippen LogP contribution in [-0.2, 0) is 6.54 Å². The van der Waals surface area contributed by atoms with Crippen molar-refractivity contribution in [2.75, 3.05) is 11.6 Å². The lowest BCUT2D eigenvalue weighted by Crippen LogP contribution is -2.17. The molecule has 2 aromatic rings. The van der Waals surface area contributed by atoms with Crippen molar-refractivity contribution in [3.05, 3.63) is 54.1 Å². The number of hydrogen-bond donors (Lipinski definition) is 1. The van der Waals surface area contributed by atoms with E-state index in [0.29, 0.717) is 6.54 Å². The predicted molar refractivity (Wildman–Crippen MR) is 78.7 cm³/mol. The van der Waals surface area contributed by atoms with Crippen molar-refractivity contribution in [1.29, 1.82) is 0 Å². The first-order valence-electron chi connectivity index (χ1n) is 6.19. The highest BCUT2D eigenvalue weighted by Crippen LogP contribution is 2.26. The lowest BCUT2D eigenvalue weighted by molar-refractivity contribution is -0.274. The van der Waals surface area contributed by atoms with Crippen LogP contribution in [0.5, 0.6) is 5.75 Å². The maximum absolute atomic E-state index is 12.1. The van der Waals surface area contributed by atoms with Crippen LogP contribution in [0.3, 0.4) is 0 Å². The summed E-state index contributed by atoms with van der Waals surface area (Å²) in [7, 11) is 0. The normalized spacial score (nSPS) is 11.2. The van der Waals surface area contributed by atoms with Crippen LogP contribution in [0.15, 0.2) is 53.4 Å². The van der Waals surface area contributed by atoms with Gasteiger partial charge in [-0.1, -0.05) is 24.3 Å². The fourth-order valence-corrected chi connectivity index (χ4v) is 2.37. The smallest absolute Gasteiger partial charge is 0.406 e. The van der Waals surface area contributed by atoms with E-state index in [-0.39, 0.29) is 5.75 Å². The summed E-state index contributed by atoms with van der Waals surface area (Å²) in [5.41, 5.74) is 1.88. The maximum atomic E-state index is 12.1. The summed E-state index contributed by atoms with van der Waals surface area (Å²) < 4.78 is 40.0. The first-order valence-corrected chi connectivity index (χ1v) is 7.42. The summed E-state index contributed by atoms with van der Waals surface area (Å²) in [5, 5.41) is 3.26. The van der Waals surface area contributed by atoms with Gasteiger partial charge in [0, 0.05) is 17.1 Å². The molecule has 0 unspecified atom stereocenters. The lowest BCUT2D eigenvalue weighted by Gasteiger charge is -2.11. The largest absolute Gasteiger partial charge is 0.573 e. The van der Waals surface area contributed by atoms with Gasteiger partial charge in [0.2, 0.25) is 0 Å². The van der Waals surface area contributed by atoms with Crippen molar-refractivity contribution in [2.45, 2.75) is 17.8 Å². The van der Waals surface area contributed by atoms with Crippen molar-refractivity contribution in [3.63, 3.8) is 0 Å². The molecule has 21 heavy (non-hydrogen) atoms. The van der Waals surface area contributed by atoms with Crippen LogP contribution in [0.25, 0.3) is 0 Å². The summed E-state index contributed by atoms with van der Waals surface area (Å²) >= 11 is 1.63. The van der Waals surface area contributed by atoms with E-state index in [1.54, 1.807) is 23.9 Å². The first-order chi connectivity index (χ1) is 9.98. The van der Waals surface area contributed by atoms with E-state index in [1.807, 2.05) is 30.5 Å². The Labute approximate surface area is 125 Å². The first kappa shape index (κ1) is 15.6. The van der Waals surface area contributed by atoms with E-state index in [1.165, 1.54) is 12.1 Å². The molecule has 0 aliphatic heterocycles. The third kappa shape index (κ3) is 4.90. The molecule has 6 heteroatoms. The number of benzene rings is 2. The average Bonchev–Trinajstić information content (AvgIpc) is 2.45. The van der Waals surface area contributed by atoms with Gasteiger partial charge in [0.1, 0.15) is 5.75 Å². The van der Waals surface area contributed by atoms with Crippen LogP contribution in [-0.4, -0.2) is 12.6 Å². The molecule has 0 atom stereocenters. The van der Waals surface area contributed by atoms with Gasteiger partial charge < -0.3 is 10.1 Å². The second kappa shape index (κ2) is 6.76. The van der Waals surface area contributed by atoms with Crippen LogP contribution < -0.4 is 10.1 Å². The van der Waals surface area contributed by atoms with E-state index < -0.39 is 6.36 Å². The van der Waals surface area contributed by atoms with Gasteiger partial charge in [0.05, 0.1) is 0 Å². The number of ether oxygens (including phenoxy) is 1. The minimum atomic E-state index is -4.66. The molecule has 0 fully saturated rings. The molecule has 0 aromatic heterocycles. The van der Waals surface area contributed by atoms with Gasteiger partial charge in [0.15, 0.2) is 0 Å². The van der Waals surface area contributed by atoms with Crippen molar-refractivity contribution in [1.82, 2.24) is 0 Å². The molecule has 1 N–H and O–H groups in total. The highest BCUT2D eigenvalue weighted by molar-refractivity contribution is 7.98. The van der Waals surface area contributed by atoms with Gasteiger partial charge in [0.25, 0.3) is 0 Å². The van der Waals surface area contributed by atoms with Crippen molar-refractivity contribution in [3.8, 4) is 5.75 Å². The molecular weight excluding hydrogens is 299 g/mol. The Kier molecular flexibility index (Phi) is 5.01. The molecule has 2 rings (SSSR count). The van der Waals surface area contributed by atoms with Crippen LogP contribution in [0.4, 0.5) is 18.9 Å². The predicted octanol–water partition coefficient (Wildman–Crippen LogP) is 4.92. The fourth-order valence-electron chi connectivity index (χ4n) is 1.80. The van der Waals surface area contributed by atoms with Crippen molar-refractivity contribution >= 4 is 17.4 Å². The number of thioether (sulfide) groups is 1. The fraction of sp³-hybridized carbons (Fsp3) is 0.200. The molecule has 0 spiro atoms. The summed E-state index contributed by atoms with van der Waals surface area (Å²) in [4.78, 5) is 1.12. The number of halogens is 3. The number of para-hydroxylation sites is 1. The van der Waals surface area contributed by atoms with Crippen molar-refractivity contribution in [2.24, 2.45) is 0 Å². The van der Waals surface area contributed by atoms with Gasteiger partial charge in [-0.3, -0.25) is 0 Å². The third-order valence-corrected chi connectivity index (χ3v) is 3.54. The summed E-state index contributed by atoms with van der Waals surface area (Å²) in [6.45, 7) is 0.532. The van der Waals surface area contributed by atoms with Gasteiger partial charge in [-0.05, 0) is 36.1 Å². The Hall–Kier alpha value is -1.82. The Bertz CT molecular complexity index is 584. The SMILES string of the molecule is CSc1ccccc1NCc1ccc(OC(F)(F)F)cc1. The van der Waals surface area contributed by atoms with Crippen LogP contribution in [0, 0.1) is 0 Å². The zero-order valence-corrected chi connectivity index (χ0v) is 12.1. The molecule has 0 saturated heterocycles.